The second kappa shape index (κ2) is 6.23. The summed E-state index contributed by atoms with van der Waals surface area (Å²) in [5, 5.41) is 6.12. The Labute approximate surface area is 117 Å². The SMILES string of the molecule is CNC(COc1cccc(Cl)c1)c1csc(C)c1. The van der Waals surface area contributed by atoms with Crippen molar-refractivity contribution in [2.75, 3.05) is 13.7 Å². The van der Waals surface area contributed by atoms with Gasteiger partial charge in [-0.15, -0.1) is 11.3 Å². The first-order valence-electron chi connectivity index (χ1n) is 5.79. The molecule has 96 valence electrons. The maximum Gasteiger partial charge on any atom is 0.120 e. The zero-order valence-corrected chi connectivity index (χ0v) is 12.0. The Morgan fingerprint density at radius 2 is 2.22 bits per heavy atom. The largest absolute Gasteiger partial charge is 0.492 e. The van der Waals surface area contributed by atoms with Crippen LogP contribution in [0.5, 0.6) is 5.75 Å². The highest BCUT2D eigenvalue weighted by atomic mass is 35.5. The van der Waals surface area contributed by atoms with Crippen LogP contribution in [0.3, 0.4) is 0 Å². The van der Waals surface area contributed by atoms with Crippen molar-refractivity contribution in [2.24, 2.45) is 0 Å². The zero-order chi connectivity index (χ0) is 13.0. The summed E-state index contributed by atoms with van der Waals surface area (Å²) in [6, 6.07) is 9.86. The summed E-state index contributed by atoms with van der Waals surface area (Å²) in [6.07, 6.45) is 0. The molecule has 0 aliphatic carbocycles. The molecule has 1 N–H and O–H groups in total. The van der Waals surface area contributed by atoms with Gasteiger partial charge in [0.15, 0.2) is 0 Å². The maximum absolute atomic E-state index is 5.92. The molecule has 1 heterocycles. The van der Waals surface area contributed by atoms with Crippen LogP contribution in [-0.4, -0.2) is 13.7 Å². The minimum absolute atomic E-state index is 0.203. The highest BCUT2D eigenvalue weighted by Crippen LogP contribution is 2.22. The average Bonchev–Trinajstić information content (AvgIpc) is 2.77. The molecular formula is C14H16ClNOS. The van der Waals surface area contributed by atoms with Crippen LogP contribution in [0.4, 0.5) is 0 Å². The van der Waals surface area contributed by atoms with Gasteiger partial charge >= 0.3 is 0 Å². The van der Waals surface area contributed by atoms with Crippen LogP contribution in [0, 0.1) is 6.92 Å². The van der Waals surface area contributed by atoms with Crippen LogP contribution >= 0.6 is 22.9 Å². The molecule has 0 aliphatic rings. The lowest BCUT2D eigenvalue weighted by molar-refractivity contribution is 0.273. The van der Waals surface area contributed by atoms with E-state index in [1.54, 1.807) is 11.3 Å². The first kappa shape index (κ1) is 13.4. The molecule has 0 saturated carbocycles. The van der Waals surface area contributed by atoms with Gasteiger partial charge in [-0.25, -0.2) is 0 Å². The quantitative estimate of drug-likeness (QED) is 0.893. The van der Waals surface area contributed by atoms with Crippen molar-refractivity contribution in [2.45, 2.75) is 13.0 Å². The van der Waals surface area contributed by atoms with Crippen LogP contribution in [0.25, 0.3) is 0 Å². The van der Waals surface area contributed by atoms with E-state index in [1.807, 2.05) is 31.3 Å². The Morgan fingerprint density at radius 1 is 1.39 bits per heavy atom. The van der Waals surface area contributed by atoms with Crippen LogP contribution in [-0.2, 0) is 0 Å². The fourth-order valence-electron chi connectivity index (χ4n) is 1.73. The lowest BCUT2D eigenvalue weighted by Crippen LogP contribution is -2.22. The summed E-state index contributed by atoms with van der Waals surface area (Å²) in [4.78, 5) is 1.31. The van der Waals surface area contributed by atoms with Gasteiger partial charge in [0.2, 0.25) is 0 Å². The number of benzene rings is 1. The van der Waals surface area contributed by atoms with Crippen molar-refractivity contribution in [1.82, 2.24) is 5.32 Å². The Kier molecular flexibility index (Phi) is 4.64. The Morgan fingerprint density at radius 3 is 2.83 bits per heavy atom. The molecule has 0 fully saturated rings. The third kappa shape index (κ3) is 3.48. The highest BCUT2D eigenvalue weighted by molar-refractivity contribution is 7.10. The van der Waals surface area contributed by atoms with Gasteiger partial charge in [-0.3, -0.25) is 0 Å². The van der Waals surface area contributed by atoms with E-state index in [0.29, 0.717) is 11.6 Å². The molecule has 1 aromatic carbocycles. The normalized spacial score (nSPS) is 12.4. The number of nitrogens with one attached hydrogen (secondary N) is 1. The van der Waals surface area contributed by atoms with Gasteiger partial charge in [-0.2, -0.15) is 0 Å². The summed E-state index contributed by atoms with van der Waals surface area (Å²) in [6.45, 7) is 2.70. The zero-order valence-electron chi connectivity index (χ0n) is 10.4. The molecule has 0 aliphatic heterocycles. The van der Waals surface area contributed by atoms with Crippen molar-refractivity contribution in [3.05, 3.63) is 51.2 Å². The topological polar surface area (TPSA) is 21.3 Å². The van der Waals surface area contributed by atoms with Crippen LogP contribution in [0.1, 0.15) is 16.5 Å². The van der Waals surface area contributed by atoms with Gasteiger partial charge in [-0.1, -0.05) is 17.7 Å². The van der Waals surface area contributed by atoms with Gasteiger partial charge in [-0.05, 0) is 49.2 Å². The van der Waals surface area contributed by atoms with Crippen LogP contribution < -0.4 is 10.1 Å². The Balaban J connectivity index is 1.99. The van der Waals surface area contributed by atoms with Gasteiger partial charge in [0.1, 0.15) is 12.4 Å². The predicted molar refractivity (Wildman–Crippen MR) is 77.8 cm³/mol. The predicted octanol–water partition coefficient (Wildman–Crippen LogP) is 4.05. The molecule has 18 heavy (non-hydrogen) atoms. The maximum atomic E-state index is 5.92. The molecule has 1 atom stereocenters. The molecule has 0 radical (unpaired) electrons. The van der Waals surface area contributed by atoms with E-state index >= 15 is 0 Å². The number of hydrogen-bond acceptors (Lipinski definition) is 3. The number of halogens is 1. The van der Waals surface area contributed by atoms with Gasteiger partial charge in [0, 0.05) is 9.90 Å². The monoisotopic (exact) mass is 281 g/mol. The number of rotatable bonds is 5. The van der Waals surface area contributed by atoms with Gasteiger partial charge < -0.3 is 10.1 Å². The number of aryl methyl sites for hydroxylation is 1. The lowest BCUT2D eigenvalue weighted by Gasteiger charge is -2.16. The molecule has 4 heteroatoms. The summed E-state index contributed by atoms with van der Waals surface area (Å²) in [7, 11) is 1.94. The first-order valence-corrected chi connectivity index (χ1v) is 7.05. The van der Waals surface area contributed by atoms with E-state index in [2.05, 4.69) is 23.7 Å². The average molecular weight is 282 g/mol. The third-order valence-electron chi connectivity index (χ3n) is 2.71. The molecule has 2 nitrogen and oxygen atoms in total. The summed E-state index contributed by atoms with van der Waals surface area (Å²) < 4.78 is 5.76. The fraction of sp³-hybridized carbons (Fsp3) is 0.286. The fourth-order valence-corrected chi connectivity index (χ4v) is 2.67. The standard InChI is InChI=1S/C14H16ClNOS/c1-10-6-11(9-18-10)14(16-2)8-17-13-5-3-4-12(15)7-13/h3-7,9,14,16H,8H2,1-2H3. The minimum atomic E-state index is 0.203. The molecule has 0 spiro atoms. The number of thiophene rings is 1. The van der Waals surface area contributed by atoms with E-state index in [4.69, 9.17) is 16.3 Å². The molecule has 0 saturated heterocycles. The molecule has 0 bridgehead atoms. The number of hydrogen-bond donors (Lipinski definition) is 1. The van der Waals surface area contributed by atoms with Crippen molar-refractivity contribution >= 4 is 22.9 Å². The first-order chi connectivity index (χ1) is 8.69. The Bertz CT molecular complexity index is 512. The Hall–Kier alpha value is -1.03. The van der Waals surface area contributed by atoms with E-state index in [1.165, 1.54) is 10.4 Å². The minimum Gasteiger partial charge on any atom is -0.492 e. The highest BCUT2D eigenvalue weighted by Gasteiger charge is 2.11. The summed E-state index contributed by atoms with van der Waals surface area (Å²) in [5.41, 5.74) is 1.27. The molecule has 2 rings (SSSR count). The van der Waals surface area contributed by atoms with E-state index in [0.717, 1.165) is 5.75 Å². The molecule has 1 aromatic heterocycles. The van der Waals surface area contributed by atoms with Crippen molar-refractivity contribution in [3.63, 3.8) is 0 Å². The third-order valence-corrected chi connectivity index (χ3v) is 3.83. The van der Waals surface area contributed by atoms with Crippen LogP contribution in [0.15, 0.2) is 35.7 Å². The van der Waals surface area contributed by atoms with Crippen molar-refractivity contribution in [1.29, 1.82) is 0 Å². The smallest absolute Gasteiger partial charge is 0.120 e. The molecular weight excluding hydrogens is 266 g/mol. The van der Waals surface area contributed by atoms with E-state index < -0.39 is 0 Å². The van der Waals surface area contributed by atoms with Crippen molar-refractivity contribution < 1.29 is 4.74 Å². The summed E-state index contributed by atoms with van der Waals surface area (Å²) >= 11 is 7.68. The second-order valence-electron chi connectivity index (χ2n) is 4.10. The number of likely N-dealkylation sites (N-methyl/N-ethyl adjacent to an activating group) is 1. The second-order valence-corrected chi connectivity index (χ2v) is 5.65. The van der Waals surface area contributed by atoms with Gasteiger partial charge in [0.05, 0.1) is 6.04 Å². The summed E-state index contributed by atoms with van der Waals surface area (Å²) in [5.74, 6) is 0.801. The molecule has 2 aromatic rings. The lowest BCUT2D eigenvalue weighted by atomic mass is 10.1. The molecule has 0 amide bonds. The van der Waals surface area contributed by atoms with Gasteiger partial charge in [0.25, 0.3) is 0 Å². The molecule has 1 unspecified atom stereocenters. The van der Waals surface area contributed by atoms with Crippen molar-refractivity contribution in [3.8, 4) is 5.75 Å². The van der Waals surface area contributed by atoms with E-state index in [9.17, 15) is 0 Å². The van der Waals surface area contributed by atoms with Crippen LogP contribution in [0.2, 0.25) is 5.02 Å². The van der Waals surface area contributed by atoms with E-state index in [-0.39, 0.29) is 6.04 Å². The number of ether oxygens (including phenoxy) is 1.